The van der Waals surface area contributed by atoms with Crippen LogP contribution in [-0.4, -0.2) is 21.9 Å². The third-order valence-corrected chi connectivity index (χ3v) is 4.55. The standard InChI is InChI=1S/C14H14N2O6/c17-14(22-13-6-8-2-1-3-12(8)13)9-4-10(15(18)19)7-11(5-9)16(20)21/h4-5,7-8,12-13H,1-3,6H2/t8-,12-,13+/m0/s1. The Morgan fingerprint density at radius 3 is 2.27 bits per heavy atom. The minimum absolute atomic E-state index is 0.151. The van der Waals surface area contributed by atoms with Gasteiger partial charge in [0.1, 0.15) is 6.10 Å². The van der Waals surface area contributed by atoms with Crippen LogP contribution < -0.4 is 0 Å². The Bertz CT molecular complexity index is 626. The summed E-state index contributed by atoms with van der Waals surface area (Å²) in [5.74, 6) is 0.247. The number of non-ortho nitro benzene ring substituents is 2. The Morgan fingerprint density at radius 1 is 1.09 bits per heavy atom. The highest BCUT2D eigenvalue weighted by atomic mass is 16.6. The van der Waals surface area contributed by atoms with Crippen LogP contribution in [0, 0.1) is 32.1 Å². The van der Waals surface area contributed by atoms with Crippen LogP contribution in [0.2, 0.25) is 0 Å². The second kappa shape index (κ2) is 5.36. The highest BCUT2D eigenvalue weighted by Gasteiger charge is 2.46. The van der Waals surface area contributed by atoms with Crippen LogP contribution in [0.1, 0.15) is 36.0 Å². The van der Waals surface area contributed by atoms with Crippen LogP contribution in [0.15, 0.2) is 18.2 Å². The average molecular weight is 306 g/mol. The maximum Gasteiger partial charge on any atom is 0.338 e. The summed E-state index contributed by atoms with van der Waals surface area (Å²) >= 11 is 0. The first-order valence-corrected chi connectivity index (χ1v) is 7.10. The molecule has 0 bridgehead atoms. The Hall–Kier alpha value is -2.51. The predicted molar refractivity (Wildman–Crippen MR) is 74.4 cm³/mol. The fraction of sp³-hybridized carbons (Fsp3) is 0.500. The molecule has 0 amide bonds. The number of ether oxygens (including phenoxy) is 1. The van der Waals surface area contributed by atoms with E-state index >= 15 is 0 Å². The van der Waals surface area contributed by atoms with E-state index in [1.807, 2.05) is 0 Å². The molecule has 0 aliphatic heterocycles. The minimum atomic E-state index is -0.764. The summed E-state index contributed by atoms with van der Waals surface area (Å²) in [6.07, 6.45) is 3.95. The molecule has 0 saturated heterocycles. The molecular formula is C14H14N2O6. The number of carbonyl (C=O) groups is 1. The molecule has 0 heterocycles. The zero-order valence-electron chi connectivity index (χ0n) is 11.6. The van der Waals surface area contributed by atoms with Crippen LogP contribution >= 0.6 is 0 Å². The van der Waals surface area contributed by atoms with Crippen molar-refractivity contribution >= 4 is 17.3 Å². The number of nitro benzene ring substituents is 2. The third-order valence-electron chi connectivity index (χ3n) is 4.55. The molecule has 0 N–H and O–H groups in total. The number of rotatable bonds is 4. The Kier molecular flexibility index (Phi) is 3.51. The van der Waals surface area contributed by atoms with E-state index in [0.29, 0.717) is 11.8 Å². The molecule has 3 rings (SSSR count). The smallest absolute Gasteiger partial charge is 0.338 e. The van der Waals surface area contributed by atoms with E-state index in [0.717, 1.165) is 43.9 Å². The van der Waals surface area contributed by atoms with E-state index < -0.39 is 27.2 Å². The van der Waals surface area contributed by atoms with Gasteiger partial charge < -0.3 is 4.74 Å². The molecule has 1 aromatic rings. The number of esters is 1. The first-order chi connectivity index (χ1) is 10.5. The molecule has 1 aromatic carbocycles. The van der Waals surface area contributed by atoms with Gasteiger partial charge in [0.15, 0.2) is 0 Å². The lowest BCUT2D eigenvalue weighted by atomic mass is 9.73. The fourth-order valence-corrected chi connectivity index (χ4v) is 3.39. The average Bonchev–Trinajstić information content (AvgIpc) is 2.85. The predicted octanol–water partition coefficient (Wildman–Crippen LogP) is 2.85. The Morgan fingerprint density at radius 2 is 1.73 bits per heavy atom. The first kappa shape index (κ1) is 14.4. The van der Waals surface area contributed by atoms with Crippen molar-refractivity contribution in [2.24, 2.45) is 11.8 Å². The summed E-state index contributed by atoms with van der Waals surface area (Å²) < 4.78 is 5.37. The maximum atomic E-state index is 12.1. The normalized spacial score (nSPS) is 25.9. The largest absolute Gasteiger partial charge is 0.458 e. The molecule has 2 aliphatic rings. The Balaban J connectivity index is 1.79. The molecule has 8 nitrogen and oxygen atoms in total. The number of hydrogen-bond donors (Lipinski definition) is 0. The van der Waals surface area contributed by atoms with E-state index in [1.165, 1.54) is 0 Å². The number of hydrogen-bond acceptors (Lipinski definition) is 6. The van der Waals surface area contributed by atoms with Crippen LogP contribution in [0.3, 0.4) is 0 Å². The molecule has 3 atom stereocenters. The summed E-state index contributed by atoms with van der Waals surface area (Å²) in [6, 6.07) is 2.85. The lowest BCUT2D eigenvalue weighted by molar-refractivity contribution is -0.394. The molecule has 8 heteroatoms. The van der Waals surface area contributed by atoms with Crippen molar-refractivity contribution in [3.05, 3.63) is 44.0 Å². The molecule has 0 aromatic heterocycles. The van der Waals surface area contributed by atoms with E-state index in [1.54, 1.807) is 0 Å². The van der Waals surface area contributed by atoms with Crippen molar-refractivity contribution in [3.8, 4) is 0 Å². The molecule has 0 radical (unpaired) electrons. The molecular weight excluding hydrogens is 292 g/mol. The van der Waals surface area contributed by atoms with Gasteiger partial charge in [-0.2, -0.15) is 0 Å². The molecule has 22 heavy (non-hydrogen) atoms. The van der Waals surface area contributed by atoms with Gasteiger partial charge in [0.25, 0.3) is 11.4 Å². The second-order valence-electron chi connectivity index (χ2n) is 5.79. The van der Waals surface area contributed by atoms with Gasteiger partial charge in [-0.3, -0.25) is 20.2 Å². The van der Waals surface area contributed by atoms with Crippen molar-refractivity contribution in [3.63, 3.8) is 0 Å². The van der Waals surface area contributed by atoms with E-state index in [2.05, 4.69) is 0 Å². The third kappa shape index (κ3) is 2.51. The van der Waals surface area contributed by atoms with Gasteiger partial charge >= 0.3 is 5.97 Å². The molecule has 2 saturated carbocycles. The van der Waals surface area contributed by atoms with Gasteiger partial charge in [0.05, 0.1) is 21.5 Å². The van der Waals surface area contributed by atoms with Gasteiger partial charge in [0, 0.05) is 12.1 Å². The quantitative estimate of drug-likeness (QED) is 0.480. The summed E-state index contributed by atoms with van der Waals surface area (Å²) in [5, 5.41) is 21.6. The minimum Gasteiger partial charge on any atom is -0.458 e. The Labute approximate surface area is 125 Å². The van der Waals surface area contributed by atoms with Gasteiger partial charge in [-0.25, -0.2) is 4.79 Å². The maximum absolute atomic E-state index is 12.1. The zero-order valence-corrected chi connectivity index (χ0v) is 11.6. The van der Waals surface area contributed by atoms with Crippen molar-refractivity contribution in [1.29, 1.82) is 0 Å². The number of fused-ring (bicyclic) bond motifs is 1. The number of carbonyl (C=O) groups excluding carboxylic acids is 1. The molecule has 2 fully saturated rings. The summed E-state index contributed by atoms with van der Waals surface area (Å²) in [7, 11) is 0. The van der Waals surface area contributed by atoms with E-state index in [9.17, 15) is 25.0 Å². The topological polar surface area (TPSA) is 113 Å². The van der Waals surface area contributed by atoms with Gasteiger partial charge in [-0.1, -0.05) is 6.42 Å². The van der Waals surface area contributed by atoms with Crippen molar-refractivity contribution in [1.82, 2.24) is 0 Å². The number of nitrogens with zero attached hydrogens (tertiary/aromatic N) is 2. The summed E-state index contributed by atoms with van der Waals surface area (Å²) in [5.41, 5.74) is -1.13. The van der Waals surface area contributed by atoms with Crippen LogP contribution in [0.5, 0.6) is 0 Å². The lowest BCUT2D eigenvalue weighted by Gasteiger charge is -2.39. The van der Waals surface area contributed by atoms with Crippen molar-refractivity contribution in [2.75, 3.05) is 0 Å². The molecule has 2 aliphatic carbocycles. The molecule has 116 valence electrons. The van der Waals surface area contributed by atoms with Crippen molar-refractivity contribution in [2.45, 2.75) is 31.8 Å². The highest BCUT2D eigenvalue weighted by Crippen LogP contribution is 2.48. The fourth-order valence-electron chi connectivity index (χ4n) is 3.39. The monoisotopic (exact) mass is 306 g/mol. The van der Waals surface area contributed by atoms with Gasteiger partial charge in [-0.05, 0) is 31.1 Å². The highest BCUT2D eigenvalue weighted by molar-refractivity contribution is 5.91. The second-order valence-corrected chi connectivity index (χ2v) is 5.79. The lowest BCUT2D eigenvalue weighted by Crippen LogP contribution is -2.41. The van der Waals surface area contributed by atoms with Gasteiger partial charge in [-0.15, -0.1) is 0 Å². The van der Waals surface area contributed by atoms with Gasteiger partial charge in [0.2, 0.25) is 0 Å². The van der Waals surface area contributed by atoms with E-state index in [4.69, 9.17) is 4.74 Å². The number of benzene rings is 1. The van der Waals surface area contributed by atoms with Crippen LogP contribution in [0.4, 0.5) is 11.4 Å². The zero-order chi connectivity index (χ0) is 15.9. The van der Waals surface area contributed by atoms with E-state index in [-0.39, 0.29) is 11.7 Å². The molecule has 0 unspecified atom stereocenters. The number of nitro groups is 2. The SMILES string of the molecule is O=C(O[C@@H]1C[C@@H]2CCC[C@@H]21)c1cc([N+](=O)[O-])cc([N+](=O)[O-])c1. The van der Waals surface area contributed by atoms with Crippen molar-refractivity contribution < 1.29 is 19.4 Å². The molecule has 0 spiro atoms. The van der Waals surface area contributed by atoms with Crippen LogP contribution in [0.25, 0.3) is 0 Å². The summed E-state index contributed by atoms with van der Waals surface area (Å²) in [4.78, 5) is 32.2. The summed E-state index contributed by atoms with van der Waals surface area (Å²) in [6.45, 7) is 0. The van der Waals surface area contributed by atoms with Crippen LogP contribution in [-0.2, 0) is 4.74 Å². The first-order valence-electron chi connectivity index (χ1n) is 7.10.